The molecule has 0 saturated carbocycles. The van der Waals surface area contributed by atoms with Crippen LogP contribution < -0.4 is 0 Å². The highest BCUT2D eigenvalue weighted by molar-refractivity contribution is 7.94. The first kappa shape index (κ1) is 18.7. The molecule has 130 valence electrons. The van der Waals surface area contributed by atoms with E-state index in [4.69, 9.17) is 0 Å². The number of carbonyl (C=O) groups excluding carboxylic acids is 1. The molecule has 1 amide bonds. The van der Waals surface area contributed by atoms with Gasteiger partial charge in [-0.25, -0.2) is 8.42 Å². The van der Waals surface area contributed by atoms with Crippen LogP contribution in [0.15, 0.2) is 83.6 Å². The molecule has 2 rings (SSSR count). The van der Waals surface area contributed by atoms with E-state index in [1.807, 2.05) is 37.3 Å². The molecule has 0 fully saturated rings. The maximum absolute atomic E-state index is 12.4. The Bertz CT molecular complexity index is 854. The van der Waals surface area contributed by atoms with Crippen LogP contribution in [-0.2, 0) is 21.2 Å². The minimum atomic E-state index is -3.65. The van der Waals surface area contributed by atoms with Gasteiger partial charge in [0.05, 0.1) is 4.90 Å². The molecule has 0 unspecified atom stereocenters. The van der Waals surface area contributed by atoms with Gasteiger partial charge in [0, 0.05) is 24.6 Å². The molecule has 0 spiro atoms. The van der Waals surface area contributed by atoms with Crippen LogP contribution in [0.1, 0.15) is 11.1 Å². The van der Waals surface area contributed by atoms with Gasteiger partial charge in [-0.2, -0.15) is 0 Å². The monoisotopic (exact) mass is 355 g/mol. The van der Waals surface area contributed by atoms with Crippen molar-refractivity contribution in [3.63, 3.8) is 0 Å². The van der Waals surface area contributed by atoms with E-state index in [2.05, 4.69) is 6.58 Å². The van der Waals surface area contributed by atoms with Crippen molar-refractivity contribution in [2.45, 2.75) is 18.4 Å². The summed E-state index contributed by atoms with van der Waals surface area (Å²) in [6.07, 6.45) is 2.71. The van der Waals surface area contributed by atoms with Gasteiger partial charge >= 0.3 is 0 Å². The van der Waals surface area contributed by atoms with E-state index in [0.717, 1.165) is 22.6 Å². The Labute approximate surface area is 149 Å². The highest BCUT2D eigenvalue weighted by Gasteiger charge is 2.14. The third-order valence-electron chi connectivity index (χ3n) is 3.62. The van der Waals surface area contributed by atoms with Gasteiger partial charge in [-0.05, 0) is 24.6 Å². The van der Waals surface area contributed by atoms with Gasteiger partial charge in [0.15, 0.2) is 9.84 Å². The number of sulfone groups is 1. The largest absolute Gasteiger partial charge is 0.331 e. The maximum Gasteiger partial charge on any atom is 0.247 e. The van der Waals surface area contributed by atoms with Crippen molar-refractivity contribution < 1.29 is 13.2 Å². The number of rotatable bonds is 7. The topological polar surface area (TPSA) is 54.5 Å². The lowest BCUT2D eigenvalue weighted by molar-refractivity contribution is -0.126. The first-order chi connectivity index (χ1) is 11.9. The molecule has 2 aromatic carbocycles. The summed E-state index contributed by atoms with van der Waals surface area (Å²) >= 11 is 0. The minimum Gasteiger partial charge on any atom is -0.331 e. The van der Waals surface area contributed by atoms with E-state index >= 15 is 0 Å². The molecular weight excluding hydrogens is 334 g/mol. The molecule has 0 aromatic heterocycles. The zero-order valence-corrected chi connectivity index (χ0v) is 14.9. The van der Waals surface area contributed by atoms with Gasteiger partial charge in [0.2, 0.25) is 5.91 Å². The number of hydrogen-bond acceptors (Lipinski definition) is 3. The fraction of sp³-hybridized carbons (Fsp3) is 0.150. The van der Waals surface area contributed by atoms with Gasteiger partial charge in [0.25, 0.3) is 0 Å². The summed E-state index contributed by atoms with van der Waals surface area (Å²) in [5, 5.41) is 0.959. The first-order valence-electron chi connectivity index (χ1n) is 7.86. The fourth-order valence-corrected chi connectivity index (χ4v) is 3.22. The second kappa shape index (κ2) is 8.44. The molecule has 2 aromatic rings. The van der Waals surface area contributed by atoms with E-state index in [-0.39, 0.29) is 10.8 Å². The Morgan fingerprint density at radius 1 is 1.08 bits per heavy atom. The van der Waals surface area contributed by atoms with Crippen LogP contribution in [0.4, 0.5) is 0 Å². The Kier molecular flexibility index (Phi) is 6.31. The Morgan fingerprint density at radius 3 is 2.32 bits per heavy atom. The average molecular weight is 355 g/mol. The van der Waals surface area contributed by atoms with Crippen molar-refractivity contribution in [3.05, 3.63) is 89.9 Å². The number of aryl methyl sites for hydroxylation is 1. The second-order valence-electron chi connectivity index (χ2n) is 5.65. The molecule has 0 aliphatic carbocycles. The Hall–Kier alpha value is -2.66. The van der Waals surface area contributed by atoms with E-state index < -0.39 is 9.84 Å². The summed E-state index contributed by atoms with van der Waals surface area (Å²) in [4.78, 5) is 14.1. The van der Waals surface area contributed by atoms with Crippen molar-refractivity contribution in [3.8, 4) is 0 Å². The van der Waals surface area contributed by atoms with Crippen LogP contribution in [0.2, 0.25) is 0 Å². The van der Waals surface area contributed by atoms with Gasteiger partial charge in [-0.3, -0.25) is 4.79 Å². The van der Waals surface area contributed by atoms with Crippen LogP contribution in [0.5, 0.6) is 0 Å². The number of amides is 1. The molecule has 4 nitrogen and oxygen atoms in total. The third-order valence-corrected chi connectivity index (χ3v) is 5.04. The maximum atomic E-state index is 12.4. The molecule has 0 atom stereocenters. The predicted molar refractivity (Wildman–Crippen MR) is 99.6 cm³/mol. The Balaban J connectivity index is 2.15. The normalized spacial score (nSPS) is 11.4. The van der Waals surface area contributed by atoms with Crippen LogP contribution >= 0.6 is 0 Å². The van der Waals surface area contributed by atoms with Crippen LogP contribution in [0.25, 0.3) is 0 Å². The standard InChI is InChI=1S/C20H21NO3S/c1-3-14-21(16-18-7-5-4-6-8-18)20(22)13-15-25(23,24)19-11-9-17(2)10-12-19/h3-13,15H,1,14,16H2,2H3/b15-13+. The smallest absolute Gasteiger partial charge is 0.247 e. The molecule has 5 heteroatoms. The summed E-state index contributed by atoms with van der Waals surface area (Å²) in [6.45, 7) is 6.26. The number of nitrogens with zero attached hydrogens (tertiary/aromatic N) is 1. The van der Waals surface area contributed by atoms with Gasteiger partial charge < -0.3 is 4.90 Å². The lowest BCUT2D eigenvalue weighted by Gasteiger charge is -2.19. The summed E-state index contributed by atoms with van der Waals surface area (Å²) in [5.41, 5.74) is 1.94. The quantitative estimate of drug-likeness (QED) is 0.564. The Morgan fingerprint density at radius 2 is 1.72 bits per heavy atom. The number of benzene rings is 2. The van der Waals surface area contributed by atoms with Crippen LogP contribution in [-0.4, -0.2) is 25.8 Å². The molecule has 0 radical (unpaired) electrons. The van der Waals surface area contributed by atoms with E-state index in [9.17, 15) is 13.2 Å². The lowest BCUT2D eigenvalue weighted by atomic mass is 10.2. The summed E-state index contributed by atoms with van der Waals surface area (Å²) in [7, 11) is -3.65. The van der Waals surface area contributed by atoms with Crippen LogP contribution in [0.3, 0.4) is 0 Å². The van der Waals surface area contributed by atoms with Crippen molar-refractivity contribution >= 4 is 15.7 Å². The van der Waals surface area contributed by atoms with E-state index in [0.29, 0.717) is 13.1 Å². The minimum absolute atomic E-state index is 0.167. The molecule has 0 aliphatic heterocycles. The van der Waals surface area contributed by atoms with Crippen LogP contribution in [0, 0.1) is 6.92 Å². The number of hydrogen-bond donors (Lipinski definition) is 0. The molecule has 0 bridgehead atoms. The summed E-state index contributed by atoms with van der Waals surface area (Å²) in [5.74, 6) is -0.376. The summed E-state index contributed by atoms with van der Waals surface area (Å²) in [6, 6.07) is 16.0. The molecule has 0 aliphatic rings. The lowest BCUT2D eigenvalue weighted by Crippen LogP contribution is -2.29. The molecular formula is C20H21NO3S. The average Bonchev–Trinajstić information content (AvgIpc) is 2.61. The highest BCUT2D eigenvalue weighted by Crippen LogP contribution is 2.13. The molecule has 0 saturated heterocycles. The fourth-order valence-electron chi connectivity index (χ4n) is 2.25. The zero-order valence-electron chi connectivity index (χ0n) is 14.1. The van der Waals surface area contributed by atoms with Crippen molar-refractivity contribution in [2.24, 2.45) is 0 Å². The van der Waals surface area contributed by atoms with Gasteiger partial charge in [-0.15, -0.1) is 6.58 Å². The third kappa shape index (κ3) is 5.43. The zero-order chi connectivity index (χ0) is 18.3. The molecule has 0 heterocycles. The van der Waals surface area contributed by atoms with Crippen molar-refractivity contribution in [2.75, 3.05) is 6.54 Å². The SMILES string of the molecule is C=CCN(Cc1ccccc1)C(=O)/C=C/S(=O)(=O)c1ccc(C)cc1. The highest BCUT2D eigenvalue weighted by atomic mass is 32.2. The molecule has 25 heavy (non-hydrogen) atoms. The van der Waals surface area contributed by atoms with Crippen molar-refractivity contribution in [1.82, 2.24) is 4.90 Å². The summed E-state index contributed by atoms with van der Waals surface area (Å²) < 4.78 is 24.6. The first-order valence-corrected chi connectivity index (χ1v) is 9.40. The number of carbonyl (C=O) groups is 1. The van der Waals surface area contributed by atoms with Crippen molar-refractivity contribution in [1.29, 1.82) is 0 Å². The van der Waals surface area contributed by atoms with Gasteiger partial charge in [-0.1, -0.05) is 54.1 Å². The van der Waals surface area contributed by atoms with E-state index in [1.54, 1.807) is 18.2 Å². The van der Waals surface area contributed by atoms with Gasteiger partial charge in [0.1, 0.15) is 0 Å². The predicted octanol–water partition coefficient (Wildman–Crippen LogP) is 3.50. The molecule has 0 N–H and O–H groups in total. The van der Waals surface area contributed by atoms with E-state index in [1.165, 1.54) is 17.0 Å². The second-order valence-corrected chi connectivity index (χ2v) is 7.49.